The zero-order chi connectivity index (χ0) is 17.1. The van der Waals surface area contributed by atoms with Crippen LogP contribution in [0.15, 0.2) is 48.5 Å². The molecule has 1 saturated heterocycles. The van der Waals surface area contributed by atoms with Crippen molar-refractivity contribution < 1.29 is 18.8 Å². The van der Waals surface area contributed by atoms with Crippen molar-refractivity contribution in [2.45, 2.75) is 12.5 Å². The van der Waals surface area contributed by atoms with Gasteiger partial charge in [-0.1, -0.05) is 24.3 Å². The summed E-state index contributed by atoms with van der Waals surface area (Å²) in [5.74, 6) is -1.15. The van der Waals surface area contributed by atoms with Crippen molar-refractivity contribution in [3.8, 4) is 0 Å². The average Bonchev–Trinajstić information content (AvgIpc) is 2.86. The molecule has 1 atom stereocenters. The summed E-state index contributed by atoms with van der Waals surface area (Å²) in [6.45, 7) is 0. The van der Waals surface area contributed by atoms with E-state index in [0.29, 0.717) is 16.8 Å². The number of carbonyl (C=O) groups excluding carboxylic acids is 3. The number of amides is 4. The maximum absolute atomic E-state index is 13.1. The zero-order valence-electron chi connectivity index (χ0n) is 12.5. The third-order valence-electron chi connectivity index (χ3n) is 3.53. The number of halogens is 1. The van der Waals surface area contributed by atoms with Crippen molar-refractivity contribution in [3.05, 3.63) is 65.5 Å². The molecule has 1 aliphatic heterocycles. The summed E-state index contributed by atoms with van der Waals surface area (Å²) in [6, 6.07) is 11.1. The van der Waals surface area contributed by atoms with Gasteiger partial charge in [-0.15, -0.1) is 0 Å². The highest BCUT2D eigenvalue weighted by molar-refractivity contribution is 6.04. The number of carbonyl (C=O) groups is 3. The molecule has 0 aromatic heterocycles. The Morgan fingerprint density at radius 1 is 1.12 bits per heavy atom. The van der Waals surface area contributed by atoms with E-state index >= 15 is 0 Å². The quantitative estimate of drug-likeness (QED) is 0.750. The van der Waals surface area contributed by atoms with Crippen molar-refractivity contribution in [2.24, 2.45) is 0 Å². The van der Waals surface area contributed by atoms with E-state index in [1.54, 1.807) is 36.4 Å². The molecule has 1 heterocycles. The number of benzene rings is 2. The van der Waals surface area contributed by atoms with Gasteiger partial charge in [0.1, 0.15) is 11.9 Å². The van der Waals surface area contributed by atoms with E-state index < -0.39 is 23.8 Å². The molecule has 3 rings (SSSR count). The molecular formula is C17H14FN3O3. The lowest BCUT2D eigenvalue weighted by Crippen LogP contribution is -2.22. The highest BCUT2D eigenvalue weighted by Gasteiger charge is 2.30. The van der Waals surface area contributed by atoms with Gasteiger partial charge in [0.15, 0.2) is 0 Å². The van der Waals surface area contributed by atoms with Crippen LogP contribution in [0.4, 0.5) is 14.9 Å². The van der Waals surface area contributed by atoms with Gasteiger partial charge in [0.25, 0.3) is 5.91 Å². The lowest BCUT2D eigenvalue weighted by molar-refractivity contribution is -0.120. The first-order chi connectivity index (χ1) is 11.5. The highest BCUT2D eigenvalue weighted by atomic mass is 19.1. The molecule has 0 radical (unpaired) electrons. The Labute approximate surface area is 137 Å². The lowest BCUT2D eigenvalue weighted by Gasteiger charge is -2.11. The van der Waals surface area contributed by atoms with Crippen molar-refractivity contribution in [1.29, 1.82) is 0 Å². The predicted octanol–water partition coefficient (Wildman–Crippen LogP) is 1.89. The molecular weight excluding hydrogens is 313 g/mol. The van der Waals surface area contributed by atoms with Crippen LogP contribution in [-0.2, 0) is 16.0 Å². The summed E-state index contributed by atoms with van der Waals surface area (Å²) >= 11 is 0. The van der Waals surface area contributed by atoms with E-state index in [1.165, 1.54) is 12.1 Å². The number of hydrogen-bond acceptors (Lipinski definition) is 3. The maximum atomic E-state index is 13.1. The Kier molecular flexibility index (Phi) is 4.24. The maximum Gasteiger partial charge on any atom is 0.322 e. The Bertz CT molecular complexity index is 822. The molecule has 24 heavy (non-hydrogen) atoms. The van der Waals surface area contributed by atoms with Gasteiger partial charge < -0.3 is 10.6 Å². The fourth-order valence-electron chi connectivity index (χ4n) is 2.48. The summed E-state index contributed by atoms with van der Waals surface area (Å²) < 4.78 is 13.1. The molecule has 0 aliphatic carbocycles. The Morgan fingerprint density at radius 3 is 2.62 bits per heavy atom. The van der Waals surface area contributed by atoms with E-state index in [1.807, 2.05) is 0 Å². The molecule has 0 bridgehead atoms. The fourth-order valence-corrected chi connectivity index (χ4v) is 2.48. The Balaban J connectivity index is 1.69. The summed E-state index contributed by atoms with van der Waals surface area (Å²) in [4.78, 5) is 34.9. The van der Waals surface area contributed by atoms with Crippen molar-refractivity contribution in [2.75, 3.05) is 5.32 Å². The lowest BCUT2D eigenvalue weighted by atomic mass is 10.1. The molecule has 1 fully saturated rings. The smallest absolute Gasteiger partial charge is 0.322 e. The van der Waals surface area contributed by atoms with Gasteiger partial charge in [-0.05, 0) is 35.4 Å². The summed E-state index contributed by atoms with van der Waals surface area (Å²) in [6.07, 6.45) is 0.0304. The molecule has 1 unspecified atom stereocenters. The van der Waals surface area contributed by atoms with Crippen LogP contribution in [0.3, 0.4) is 0 Å². The van der Waals surface area contributed by atoms with Crippen molar-refractivity contribution in [1.82, 2.24) is 10.6 Å². The Morgan fingerprint density at radius 2 is 1.92 bits per heavy atom. The average molecular weight is 327 g/mol. The number of anilines is 1. The number of urea groups is 1. The summed E-state index contributed by atoms with van der Waals surface area (Å²) in [7, 11) is 0. The van der Waals surface area contributed by atoms with Crippen LogP contribution < -0.4 is 16.0 Å². The van der Waals surface area contributed by atoms with Gasteiger partial charge in [0.2, 0.25) is 5.91 Å². The summed E-state index contributed by atoms with van der Waals surface area (Å²) in [5, 5.41) is 7.34. The van der Waals surface area contributed by atoms with Gasteiger partial charge in [0, 0.05) is 5.69 Å². The minimum atomic E-state index is -0.780. The largest absolute Gasteiger partial charge is 0.326 e. The third-order valence-corrected chi connectivity index (χ3v) is 3.53. The second-order valence-electron chi connectivity index (χ2n) is 5.38. The number of imide groups is 1. The molecule has 0 spiro atoms. The van der Waals surface area contributed by atoms with Gasteiger partial charge in [-0.25, -0.2) is 9.18 Å². The third kappa shape index (κ3) is 3.57. The summed E-state index contributed by atoms with van der Waals surface area (Å²) in [5.41, 5.74) is 1.61. The first kappa shape index (κ1) is 15.7. The molecule has 4 amide bonds. The van der Waals surface area contributed by atoms with Gasteiger partial charge in [0.05, 0.1) is 6.42 Å². The molecule has 3 N–H and O–H groups in total. The van der Waals surface area contributed by atoms with E-state index in [2.05, 4.69) is 16.0 Å². The van der Waals surface area contributed by atoms with E-state index in [4.69, 9.17) is 0 Å². The van der Waals surface area contributed by atoms with Crippen LogP contribution in [0, 0.1) is 5.82 Å². The Hall–Kier alpha value is -3.22. The van der Waals surface area contributed by atoms with Gasteiger partial charge in [-0.2, -0.15) is 0 Å². The normalized spacial score (nSPS) is 16.5. The van der Waals surface area contributed by atoms with Crippen LogP contribution in [-0.4, -0.2) is 17.8 Å². The van der Waals surface area contributed by atoms with E-state index in [0.717, 1.165) is 0 Å². The number of hydrogen-bond donors (Lipinski definition) is 3. The molecule has 7 heteroatoms. The molecule has 6 nitrogen and oxygen atoms in total. The first-order valence-corrected chi connectivity index (χ1v) is 7.27. The van der Waals surface area contributed by atoms with E-state index in [9.17, 15) is 18.8 Å². The van der Waals surface area contributed by atoms with Crippen LogP contribution in [0.5, 0.6) is 0 Å². The van der Waals surface area contributed by atoms with Crippen molar-refractivity contribution >= 4 is 23.5 Å². The van der Waals surface area contributed by atoms with Gasteiger partial charge >= 0.3 is 6.03 Å². The molecule has 2 aromatic carbocycles. The zero-order valence-corrected chi connectivity index (χ0v) is 12.5. The van der Waals surface area contributed by atoms with Crippen LogP contribution in [0.2, 0.25) is 0 Å². The van der Waals surface area contributed by atoms with Crippen LogP contribution in [0.1, 0.15) is 17.2 Å². The second kappa shape index (κ2) is 6.49. The first-order valence-electron chi connectivity index (χ1n) is 7.27. The number of rotatable bonds is 4. The molecule has 0 saturated carbocycles. The molecule has 122 valence electrons. The van der Waals surface area contributed by atoms with Crippen LogP contribution in [0.25, 0.3) is 0 Å². The minimum Gasteiger partial charge on any atom is -0.326 e. The van der Waals surface area contributed by atoms with Crippen LogP contribution >= 0.6 is 0 Å². The predicted molar refractivity (Wildman–Crippen MR) is 84.6 cm³/mol. The highest BCUT2D eigenvalue weighted by Crippen LogP contribution is 2.20. The van der Waals surface area contributed by atoms with E-state index in [-0.39, 0.29) is 12.3 Å². The molecule has 2 aromatic rings. The molecule has 1 aliphatic rings. The minimum absolute atomic E-state index is 0.0304. The van der Waals surface area contributed by atoms with Crippen molar-refractivity contribution in [3.63, 3.8) is 0 Å². The standard InChI is InChI=1S/C17H14FN3O3/c18-12-5-1-3-10(7-12)8-14(22)19-13-6-2-4-11(9-13)15-16(23)21-17(24)20-15/h1-7,9,15H,8H2,(H,19,22)(H2,20,21,23,24). The fraction of sp³-hybridized carbons (Fsp3) is 0.118. The second-order valence-corrected chi connectivity index (χ2v) is 5.38. The SMILES string of the molecule is O=C(Cc1cccc(F)c1)Nc1cccc(C2NC(=O)NC2=O)c1. The number of nitrogens with one attached hydrogen (secondary N) is 3. The topological polar surface area (TPSA) is 87.3 Å². The van der Waals surface area contributed by atoms with Gasteiger partial charge in [-0.3, -0.25) is 14.9 Å². The monoisotopic (exact) mass is 327 g/mol.